The van der Waals surface area contributed by atoms with Crippen molar-refractivity contribution in [1.29, 1.82) is 0 Å². The molecule has 0 atom stereocenters. The minimum Gasteiger partial charge on any atom is -0.493 e. The first-order valence-electron chi connectivity index (χ1n) is 9.44. The highest BCUT2D eigenvalue weighted by Crippen LogP contribution is 2.37. The summed E-state index contributed by atoms with van der Waals surface area (Å²) in [6, 6.07) is 17.7. The van der Waals surface area contributed by atoms with Crippen molar-refractivity contribution in [3.8, 4) is 11.5 Å². The van der Waals surface area contributed by atoms with Crippen molar-refractivity contribution in [2.24, 2.45) is 0 Å². The van der Waals surface area contributed by atoms with Crippen LogP contribution < -0.4 is 14.8 Å². The number of carbonyl (C=O) groups excluding carboxylic acids is 1. The van der Waals surface area contributed by atoms with Crippen LogP contribution in [0.15, 0.2) is 76.9 Å². The number of halogens is 2. The Labute approximate surface area is 192 Å². The van der Waals surface area contributed by atoms with E-state index < -0.39 is 11.9 Å². The fourth-order valence-corrected chi connectivity index (χ4v) is 3.40. The van der Waals surface area contributed by atoms with E-state index in [9.17, 15) is 19.1 Å². The Kier molecular flexibility index (Phi) is 7.62. The third kappa shape index (κ3) is 5.73. The normalized spacial score (nSPS) is 11.0. The number of amides is 1. The predicted molar refractivity (Wildman–Crippen MR) is 121 cm³/mol. The van der Waals surface area contributed by atoms with Crippen molar-refractivity contribution in [3.63, 3.8) is 0 Å². The molecule has 0 fully saturated rings. The van der Waals surface area contributed by atoms with Crippen molar-refractivity contribution >= 4 is 33.9 Å². The maximum absolute atomic E-state index is 13.9. The van der Waals surface area contributed by atoms with E-state index in [-0.39, 0.29) is 18.1 Å². The van der Waals surface area contributed by atoms with Crippen LogP contribution in [-0.2, 0) is 11.4 Å². The summed E-state index contributed by atoms with van der Waals surface area (Å²) < 4.78 is 25.4. The predicted octanol–water partition coefficient (Wildman–Crippen LogP) is 5.03. The molecular formula is C24H19BrFNO5. The molecule has 0 spiro atoms. The minimum absolute atomic E-state index is 0.0235. The molecule has 1 amide bonds. The maximum Gasteiger partial charge on any atom is 0.352 e. The summed E-state index contributed by atoms with van der Waals surface area (Å²) in [6.45, 7) is -0.0235. The Morgan fingerprint density at radius 3 is 2.44 bits per heavy atom. The van der Waals surface area contributed by atoms with Crippen molar-refractivity contribution in [1.82, 2.24) is 5.32 Å². The Morgan fingerprint density at radius 2 is 1.78 bits per heavy atom. The first-order chi connectivity index (χ1) is 15.4. The average molecular weight is 500 g/mol. The molecule has 0 aliphatic rings. The topological polar surface area (TPSA) is 84.9 Å². The fourth-order valence-electron chi connectivity index (χ4n) is 2.83. The lowest BCUT2D eigenvalue weighted by molar-refractivity contribution is -0.132. The number of aliphatic carboxylic acids is 1. The zero-order valence-corrected chi connectivity index (χ0v) is 18.6. The highest BCUT2D eigenvalue weighted by molar-refractivity contribution is 9.10. The van der Waals surface area contributed by atoms with Gasteiger partial charge in [0.05, 0.1) is 11.6 Å². The molecule has 32 heavy (non-hydrogen) atoms. The van der Waals surface area contributed by atoms with Gasteiger partial charge in [-0.2, -0.15) is 0 Å². The number of carboxylic acids is 1. The highest BCUT2D eigenvalue weighted by atomic mass is 79.9. The van der Waals surface area contributed by atoms with Gasteiger partial charge in [0.2, 0.25) is 0 Å². The lowest BCUT2D eigenvalue weighted by Crippen LogP contribution is -2.27. The molecule has 0 radical (unpaired) electrons. The lowest BCUT2D eigenvalue weighted by atomic mass is 10.1. The van der Waals surface area contributed by atoms with E-state index in [1.807, 2.05) is 0 Å². The van der Waals surface area contributed by atoms with E-state index in [1.165, 1.54) is 19.3 Å². The number of carbonyl (C=O) groups is 2. The van der Waals surface area contributed by atoms with Crippen LogP contribution in [0, 0.1) is 5.82 Å². The molecule has 3 rings (SSSR count). The molecule has 2 N–H and O–H groups in total. The van der Waals surface area contributed by atoms with Gasteiger partial charge >= 0.3 is 5.97 Å². The first kappa shape index (κ1) is 23.0. The summed E-state index contributed by atoms with van der Waals surface area (Å²) >= 11 is 3.38. The van der Waals surface area contributed by atoms with E-state index in [0.717, 1.165) is 0 Å². The highest BCUT2D eigenvalue weighted by Gasteiger charge is 2.16. The molecular weight excluding hydrogens is 481 g/mol. The van der Waals surface area contributed by atoms with Crippen molar-refractivity contribution in [2.75, 3.05) is 7.11 Å². The van der Waals surface area contributed by atoms with E-state index in [1.54, 1.807) is 60.7 Å². The molecule has 3 aromatic carbocycles. The molecule has 0 aromatic heterocycles. The van der Waals surface area contributed by atoms with E-state index in [4.69, 9.17) is 9.47 Å². The van der Waals surface area contributed by atoms with Crippen LogP contribution in [0.2, 0.25) is 0 Å². The van der Waals surface area contributed by atoms with Crippen molar-refractivity contribution in [3.05, 3.63) is 99.4 Å². The summed E-state index contributed by atoms with van der Waals surface area (Å²) in [7, 11) is 1.43. The minimum atomic E-state index is -1.30. The van der Waals surface area contributed by atoms with E-state index >= 15 is 0 Å². The number of carboxylic acid groups (broad SMARTS) is 1. The van der Waals surface area contributed by atoms with Gasteiger partial charge < -0.3 is 19.9 Å². The molecule has 0 unspecified atom stereocenters. The van der Waals surface area contributed by atoms with Gasteiger partial charge in [0, 0.05) is 11.1 Å². The van der Waals surface area contributed by atoms with Gasteiger partial charge in [-0.15, -0.1) is 0 Å². The number of methoxy groups -OCH3 is 1. The first-order valence-corrected chi connectivity index (χ1v) is 10.2. The number of hydrogen-bond acceptors (Lipinski definition) is 4. The van der Waals surface area contributed by atoms with Crippen LogP contribution in [0.5, 0.6) is 11.5 Å². The number of ether oxygens (including phenoxy) is 2. The fraction of sp³-hybridized carbons (Fsp3) is 0.0833. The number of hydrogen-bond donors (Lipinski definition) is 2. The van der Waals surface area contributed by atoms with Gasteiger partial charge in [-0.1, -0.05) is 36.4 Å². The average Bonchev–Trinajstić information content (AvgIpc) is 2.79. The monoisotopic (exact) mass is 499 g/mol. The standard InChI is InChI=1S/C24H19BrFNO5/c1-31-21-13-15(11-18(25)22(21)32-14-17-9-5-6-10-19(17)26)12-20(24(29)30)27-23(28)16-7-3-2-4-8-16/h2-13H,14H2,1H3,(H,27,28)(H,29,30). The van der Waals surface area contributed by atoms with Crippen LogP contribution in [0.25, 0.3) is 6.08 Å². The number of rotatable bonds is 8. The van der Waals surface area contributed by atoms with Crippen molar-refractivity contribution in [2.45, 2.75) is 6.61 Å². The molecule has 0 heterocycles. The SMILES string of the molecule is COc1cc(C=C(NC(=O)c2ccccc2)C(=O)O)cc(Br)c1OCc1ccccc1F. The molecule has 0 aliphatic carbocycles. The van der Waals surface area contributed by atoms with Crippen LogP contribution >= 0.6 is 15.9 Å². The molecule has 0 aliphatic heterocycles. The summed E-state index contributed by atoms with van der Waals surface area (Å²) in [5.74, 6) is -1.60. The van der Waals surface area contributed by atoms with E-state index in [2.05, 4.69) is 21.2 Å². The molecule has 0 bridgehead atoms. The Hall–Kier alpha value is -3.65. The Morgan fingerprint density at radius 1 is 1.09 bits per heavy atom. The van der Waals surface area contributed by atoms with Gasteiger partial charge in [-0.05, 0) is 57.9 Å². The van der Waals surface area contributed by atoms with Crippen molar-refractivity contribution < 1.29 is 28.6 Å². The summed E-state index contributed by atoms with van der Waals surface area (Å²) in [5, 5.41) is 11.9. The quantitative estimate of drug-likeness (QED) is 0.424. The van der Waals surface area contributed by atoms with Gasteiger partial charge in [-0.3, -0.25) is 4.79 Å². The van der Waals surface area contributed by atoms with Gasteiger partial charge in [0.1, 0.15) is 18.1 Å². The summed E-state index contributed by atoms with van der Waals surface area (Å²) in [4.78, 5) is 24.0. The van der Waals surface area contributed by atoms with Crippen LogP contribution in [0.4, 0.5) is 4.39 Å². The summed E-state index contributed by atoms with van der Waals surface area (Å²) in [5.41, 5.74) is 0.836. The second-order valence-electron chi connectivity index (χ2n) is 6.60. The number of nitrogens with one attached hydrogen (secondary N) is 1. The second-order valence-corrected chi connectivity index (χ2v) is 7.45. The van der Waals surface area contributed by atoms with Crippen LogP contribution in [-0.4, -0.2) is 24.1 Å². The molecule has 3 aromatic rings. The van der Waals surface area contributed by atoms with Gasteiger partial charge in [0.25, 0.3) is 5.91 Å². The molecule has 164 valence electrons. The molecule has 8 heteroatoms. The summed E-state index contributed by atoms with van der Waals surface area (Å²) in [6.07, 6.45) is 1.30. The largest absolute Gasteiger partial charge is 0.493 e. The molecule has 6 nitrogen and oxygen atoms in total. The van der Waals surface area contributed by atoms with Crippen LogP contribution in [0.3, 0.4) is 0 Å². The number of benzene rings is 3. The van der Waals surface area contributed by atoms with Gasteiger partial charge in [-0.25, -0.2) is 9.18 Å². The Balaban J connectivity index is 1.85. The zero-order chi connectivity index (χ0) is 23.1. The van der Waals surface area contributed by atoms with Gasteiger partial charge in [0.15, 0.2) is 11.5 Å². The lowest BCUT2D eigenvalue weighted by Gasteiger charge is -2.14. The molecule has 0 saturated carbocycles. The Bertz CT molecular complexity index is 1160. The molecule has 0 saturated heterocycles. The third-order valence-corrected chi connectivity index (χ3v) is 5.00. The maximum atomic E-state index is 13.9. The van der Waals surface area contributed by atoms with E-state index in [0.29, 0.717) is 32.7 Å². The third-order valence-electron chi connectivity index (χ3n) is 4.41. The smallest absolute Gasteiger partial charge is 0.352 e. The van der Waals surface area contributed by atoms with Crippen LogP contribution in [0.1, 0.15) is 21.5 Å². The zero-order valence-electron chi connectivity index (χ0n) is 17.0. The second kappa shape index (κ2) is 10.6.